The van der Waals surface area contributed by atoms with E-state index in [1.54, 1.807) is 7.11 Å². The Morgan fingerprint density at radius 1 is 1.07 bits per heavy atom. The SMILES string of the molecule is COC1(C(=O)O)CCCCC12CCCC2. The molecule has 2 fully saturated rings. The number of carboxylic acid groups (broad SMARTS) is 1. The second-order valence-corrected chi connectivity index (χ2v) is 5.03. The van der Waals surface area contributed by atoms with Crippen LogP contribution in [0.2, 0.25) is 0 Å². The van der Waals surface area contributed by atoms with E-state index in [0.717, 1.165) is 25.7 Å². The van der Waals surface area contributed by atoms with Crippen LogP contribution in [0.15, 0.2) is 0 Å². The summed E-state index contributed by atoms with van der Waals surface area (Å²) in [4.78, 5) is 11.5. The van der Waals surface area contributed by atoms with Crippen molar-refractivity contribution in [3.63, 3.8) is 0 Å². The lowest BCUT2D eigenvalue weighted by molar-refractivity contribution is -0.190. The van der Waals surface area contributed by atoms with E-state index < -0.39 is 11.6 Å². The number of carboxylic acids is 1. The van der Waals surface area contributed by atoms with E-state index in [2.05, 4.69) is 0 Å². The molecular formula is C12H20O3. The van der Waals surface area contributed by atoms with Gasteiger partial charge in [0.1, 0.15) is 0 Å². The molecule has 1 atom stereocenters. The van der Waals surface area contributed by atoms with Crippen molar-refractivity contribution < 1.29 is 14.6 Å². The Labute approximate surface area is 90.8 Å². The van der Waals surface area contributed by atoms with Crippen LogP contribution in [-0.4, -0.2) is 23.8 Å². The van der Waals surface area contributed by atoms with Gasteiger partial charge >= 0.3 is 5.97 Å². The Balaban J connectivity index is 2.35. The second kappa shape index (κ2) is 3.78. The predicted molar refractivity (Wildman–Crippen MR) is 56.7 cm³/mol. The molecule has 3 nitrogen and oxygen atoms in total. The smallest absolute Gasteiger partial charge is 0.336 e. The third-order valence-corrected chi connectivity index (χ3v) is 4.55. The number of aliphatic carboxylic acids is 1. The molecule has 86 valence electrons. The number of hydrogen-bond donors (Lipinski definition) is 1. The molecule has 0 heterocycles. The van der Waals surface area contributed by atoms with Crippen LogP contribution in [0.5, 0.6) is 0 Å². The van der Waals surface area contributed by atoms with Crippen LogP contribution in [0.4, 0.5) is 0 Å². The van der Waals surface area contributed by atoms with Gasteiger partial charge < -0.3 is 9.84 Å². The largest absolute Gasteiger partial charge is 0.479 e. The summed E-state index contributed by atoms with van der Waals surface area (Å²) in [7, 11) is 1.57. The van der Waals surface area contributed by atoms with Crippen molar-refractivity contribution in [3.05, 3.63) is 0 Å². The molecule has 0 radical (unpaired) electrons. The Hall–Kier alpha value is -0.570. The molecule has 0 aromatic carbocycles. The summed E-state index contributed by atoms with van der Waals surface area (Å²) in [6.07, 6.45) is 8.28. The molecule has 2 saturated carbocycles. The standard InChI is InChI=1S/C12H20O3/c1-15-12(10(13)14)9-5-4-8-11(12)6-2-3-7-11/h2-9H2,1H3,(H,13,14). The maximum atomic E-state index is 11.5. The number of ether oxygens (including phenoxy) is 1. The lowest BCUT2D eigenvalue weighted by atomic mass is 9.62. The van der Waals surface area contributed by atoms with Gasteiger partial charge in [0.05, 0.1) is 0 Å². The summed E-state index contributed by atoms with van der Waals surface area (Å²) in [6, 6.07) is 0. The maximum Gasteiger partial charge on any atom is 0.336 e. The van der Waals surface area contributed by atoms with Gasteiger partial charge in [-0.3, -0.25) is 0 Å². The predicted octanol–water partition coefficient (Wildman–Crippen LogP) is 2.59. The molecule has 0 bridgehead atoms. The minimum atomic E-state index is -0.887. The summed E-state index contributed by atoms with van der Waals surface area (Å²) in [5.74, 6) is -0.744. The molecule has 0 aromatic heterocycles. The van der Waals surface area contributed by atoms with Crippen LogP contribution < -0.4 is 0 Å². The first kappa shape index (κ1) is 10.9. The number of methoxy groups -OCH3 is 1. The molecule has 15 heavy (non-hydrogen) atoms. The Kier molecular flexibility index (Phi) is 2.75. The summed E-state index contributed by atoms with van der Waals surface area (Å²) in [5.41, 5.74) is -0.951. The third-order valence-electron chi connectivity index (χ3n) is 4.55. The molecule has 3 heteroatoms. The van der Waals surface area contributed by atoms with Crippen molar-refractivity contribution in [2.45, 2.75) is 57.0 Å². The Bertz CT molecular complexity index is 256. The monoisotopic (exact) mass is 212 g/mol. The molecule has 0 aromatic rings. The summed E-state index contributed by atoms with van der Waals surface area (Å²) in [6.45, 7) is 0. The van der Waals surface area contributed by atoms with Crippen LogP contribution in [-0.2, 0) is 9.53 Å². The van der Waals surface area contributed by atoms with Crippen molar-refractivity contribution in [1.29, 1.82) is 0 Å². The average Bonchev–Trinajstić information content (AvgIpc) is 2.68. The van der Waals surface area contributed by atoms with Crippen LogP contribution in [0.3, 0.4) is 0 Å². The lowest BCUT2D eigenvalue weighted by Gasteiger charge is -2.48. The molecule has 0 aliphatic heterocycles. The molecule has 1 unspecified atom stereocenters. The Morgan fingerprint density at radius 2 is 1.53 bits per heavy atom. The van der Waals surface area contributed by atoms with Gasteiger partial charge in [0, 0.05) is 12.5 Å². The van der Waals surface area contributed by atoms with Crippen molar-refractivity contribution in [2.75, 3.05) is 7.11 Å². The Morgan fingerprint density at radius 3 is 1.93 bits per heavy atom. The molecular weight excluding hydrogens is 192 g/mol. The second-order valence-electron chi connectivity index (χ2n) is 5.03. The normalized spacial score (nSPS) is 34.5. The van der Waals surface area contributed by atoms with E-state index in [-0.39, 0.29) is 5.41 Å². The van der Waals surface area contributed by atoms with Gasteiger partial charge in [-0.1, -0.05) is 19.3 Å². The van der Waals surface area contributed by atoms with Gasteiger partial charge in [-0.2, -0.15) is 0 Å². The van der Waals surface area contributed by atoms with E-state index in [9.17, 15) is 9.90 Å². The fourth-order valence-corrected chi connectivity index (χ4v) is 3.75. The third kappa shape index (κ3) is 1.40. The van der Waals surface area contributed by atoms with E-state index in [1.807, 2.05) is 0 Å². The highest BCUT2D eigenvalue weighted by Crippen LogP contribution is 2.56. The molecule has 2 rings (SSSR count). The molecule has 0 amide bonds. The van der Waals surface area contributed by atoms with Crippen molar-refractivity contribution in [1.82, 2.24) is 0 Å². The van der Waals surface area contributed by atoms with Crippen molar-refractivity contribution in [3.8, 4) is 0 Å². The fraction of sp³-hybridized carbons (Fsp3) is 0.917. The summed E-state index contributed by atoms with van der Waals surface area (Å²) in [5, 5.41) is 9.49. The summed E-state index contributed by atoms with van der Waals surface area (Å²) >= 11 is 0. The average molecular weight is 212 g/mol. The topological polar surface area (TPSA) is 46.5 Å². The fourth-order valence-electron chi connectivity index (χ4n) is 3.75. The summed E-state index contributed by atoms with van der Waals surface area (Å²) < 4.78 is 5.48. The van der Waals surface area contributed by atoms with Gasteiger partial charge in [-0.15, -0.1) is 0 Å². The number of hydrogen-bond acceptors (Lipinski definition) is 2. The van der Waals surface area contributed by atoms with E-state index in [4.69, 9.17) is 4.74 Å². The van der Waals surface area contributed by atoms with Crippen LogP contribution in [0.1, 0.15) is 51.4 Å². The van der Waals surface area contributed by atoms with Gasteiger partial charge in [-0.25, -0.2) is 4.79 Å². The first-order valence-electron chi connectivity index (χ1n) is 5.95. The molecule has 2 aliphatic rings. The zero-order chi connectivity index (χ0) is 10.9. The van der Waals surface area contributed by atoms with Crippen LogP contribution in [0, 0.1) is 5.41 Å². The zero-order valence-corrected chi connectivity index (χ0v) is 9.42. The number of rotatable bonds is 2. The van der Waals surface area contributed by atoms with Gasteiger partial charge in [0.25, 0.3) is 0 Å². The van der Waals surface area contributed by atoms with E-state index >= 15 is 0 Å². The quantitative estimate of drug-likeness (QED) is 0.765. The minimum Gasteiger partial charge on any atom is -0.479 e. The first-order valence-corrected chi connectivity index (χ1v) is 5.95. The van der Waals surface area contributed by atoms with Crippen molar-refractivity contribution in [2.24, 2.45) is 5.41 Å². The highest BCUT2D eigenvalue weighted by atomic mass is 16.5. The zero-order valence-electron chi connectivity index (χ0n) is 9.42. The number of carbonyl (C=O) groups is 1. The maximum absolute atomic E-state index is 11.5. The van der Waals surface area contributed by atoms with Crippen molar-refractivity contribution >= 4 is 5.97 Å². The minimum absolute atomic E-state index is 0.0637. The highest BCUT2D eigenvalue weighted by molar-refractivity contribution is 5.79. The van der Waals surface area contributed by atoms with Gasteiger partial charge in [0.15, 0.2) is 5.60 Å². The molecule has 2 aliphatic carbocycles. The van der Waals surface area contributed by atoms with Gasteiger partial charge in [0.2, 0.25) is 0 Å². The molecule has 1 N–H and O–H groups in total. The molecule has 1 spiro atoms. The van der Waals surface area contributed by atoms with E-state index in [1.165, 1.54) is 19.3 Å². The highest BCUT2D eigenvalue weighted by Gasteiger charge is 2.58. The lowest BCUT2D eigenvalue weighted by Crippen LogP contribution is -2.56. The van der Waals surface area contributed by atoms with Crippen LogP contribution >= 0.6 is 0 Å². The van der Waals surface area contributed by atoms with Gasteiger partial charge in [-0.05, 0) is 32.1 Å². The van der Waals surface area contributed by atoms with Crippen LogP contribution in [0.25, 0.3) is 0 Å². The van der Waals surface area contributed by atoms with E-state index in [0.29, 0.717) is 6.42 Å². The molecule has 0 saturated heterocycles. The first-order chi connectivity index (χ1) is 7.17.